The van der Waals surface area contributed by atoms with Crippen molar-refractivity contribution in [3.05, 3.63) is 50.5 Å². The van der Waals surface area contributed by atoms with Gasteiger partial charge in [0.1, 0.15) is 17.2 Å². The number of amides is 1. The zero-order valence-electron chi connectivity index (χ0n) is 12.0. The second-order valence-corrected chi connectivity index (χ2v) is 6.59. The van der Waals surface area contributed by atoms with Crippen LogP contribution in [0.25, 0.3) is 6.08 Å². The minimum absolute atomic E-state index is 0.116. The first-order chi connectivity index (χ1) is 11.0. The maximum atomic E-state index is 12.2. The third kappa shape index (κ3) is 3.20. The number of hydrogen-bond donors (Lipinski definition) is 3. The molecule has 1 aliphatic rings. The Morgan fingerprint density at radius 1 is 1.09 bits per heavy atom. The van der Waals surface area contributed by atoms with Crippen LogP contribution in [-0.4, -0.2) is 18.1 Å². The molecular formula is C16H12Br2N2O3. The van der Waals surface area contributed by atoms with Gasteiger partial charge in [-0.05, 0) is 67.8 Å². The molecule has 0 aromatic heterocycles. The zero-order chi connectivity index (χ0) is 16.6. The maximum Gasteiger partial charge on any atom is 0.272 e. The van der Waals surface area contributed by atoms with Crippen LogP contribution in [0.5, 0.6) is 11.5 Å². The Bertz CT molecular complexity index is 811. The number of ether oxygens (including phenoxy) is 1. The smallest absolute Gasteiger partial charge is 0.272 e. The highest BCUT2D eigenvalue weighted by atomic mass is 79.9. The molecule has 0 spiro atoms. The van der Waals surface area contributed by atoms with E-state index in [1.54, 1.807) is 31.4 Å². The first kappa shape index (κ1) is 15.9. The summed E-state index contributed by atoms with van der Waals surface area (Å²) in [6.07, 6.45) is 1.71. The van der Waals surface area contributed by atoms with Crippen LogP contribution in [0.4, 0.5) is 11.4 Å². The number of phenols is 1. The fraction of sp³-hybridized carbons (Fsp3) is 0.0625. The van der Waals surface area contributed by atoms with Gasteiger partial charge in [0.05, 0.1) is 27.4 Å². The van der Waals surface area contributed by atoms with E-state index in [0.29, 0.717) is 26.1 Å². The van der Waals surface area contributed by atoms with Crippen molar-refractivity contribution in [3.8, 4) is 11.5 Å². The van der Waals surface area contributed by atoms with E-state index in [1.165, 1.54) is 0 Å². The van der Waals surface area contributed by atoms with Gasteiger partial charge in [0, 0.05) is 6.07 Å². The average Bonchev–Trinajstić information content (AvgIpc) is 2.52. The largest absolute Gasteiger partial charge is 0.506 e. The summed E-state index contributed by atoms with van der Waals surface area (Å²) in [5, 5.41) is 15.7. The van der Waals surface area contributed by atoms with Crippen LogP contribution < -0.4 is 15.4 Å². The number of nitrogens with one attached hydrogen (secondary N) is 2. The molecule has 0 atom stereocenters. The van der Waals surface area contributed by atoms with Gasteiger partial charge in [-0.2, -0.15) is 0 Å². The fourth-order valence-electron chi connectivity index (χ4n) is 2.19. The number of methoxy groups -OCH3 is 1. The Labute approximate surface area is 149 Å². The number of hydrogen-bond acceptors (Lipinski definition) is 4. The number of fused-ring (bicyclic) bond motifs is 1. The predicted molar refractivity (Wildman–Crippen MR) is 96.7 cm³/mol. The molecule has 7 heteroatoms. The van der Waals surface area contributed by atoms with Crippen LogP contribution in [0.1, 0.15) is 5.56 Å². The summed E-state index contributed by atoms with van der Waals surface area (Å²) in [7, 11) is 1.58. The molecule has 0 radical (unpaired) electrons. The minimum atomic E-state index is -0.244. The lowest BCUT2D eigenvalue weighted by Gasteiger charge is -2.21. The molecule has 0 bridgehead atoms. The van der Waals surface area contributed by atoms with Crippen molar-refractivity contribution in [1.29, 1.82) is 0 Å². The highest BCUT2D eigenvalue weighted by Gasteiger charge is 2.20. The Balaban J connectivity index is 1.96. The van der Waals surface area contributed by atoms with Gasteiger partial charge in [-0.15, -0.1) is 0 Å². The van der Waals surface area contributed by atoms with Crippen molar-refractivity contribution in [1.82, 2.24) is 0 Å². The Hall–Kier alpha value is -1.99. The predicted octanol–water partition coefficient (Wildman–Crippen LogP) is 4.33. The van der Waals surface area contributed by atoms with Gasteiger partial charge < -0.3 is 20.5 Å². The summed E-state index contributed by atoms with van der Waals surface area (Å²) in [6, 6.07) is 8.86. The molecule has 2 aromatic carbocycles. The van der Waals surface area contributed by atoms with Gasteiger partial charge in [-0.1, -0.05) is 0 Å². The van der Waals surface area contributed by atoms with Crippen LogP contribution in [0.15, 0.2) is 45.0 Å². The van der Waals surface area contributed by atoms with Gasteiger partial charge in [-0.3, -0.25) is 4.79 Å². The van der Waals surface area contributed by atoms with Crippen LogP contribution in [0.3, 0.4) is 0 Å². The highest BCUT2D eigenvalue weighted by Crippen LogP contribution is 2.35. The van der Waals surface area contributed by atoms with Crippen molar-refractivity contribution >= 4 is 55.2 Å². The minimum Gasteiger partial charge on any atom is -0.506 e. The van der Waals surface area contributed by atoms with E-state index in [0.717, 1.165) is 11.3 Å². The van der Waals surface area contributed by atoms with Crippen LogP contribution >= 0.6 is 31.9 Å². The van der Waals surface area contributed by atoms with Gasteiger partial charge in [0.2, 0.25) is 0 Å². The third-order valence-corrected chi connectivity index (χ3v) is 4.55. The number of benzene rings is 2. The average molecular weight is 440 g/mol. The van der Waals surface area contributed by atoms with Crippen molar-refractivity contribution in [2.75, 3.05) is 17.7 Å². The number of rotatable bonds is 2. The molecule has 3 N–H and O–H groups in total. The summed E-state index contributed by atoms with van der Waals surface area (Å²) in [6.45, 7) is 0. The van der Waals surface area contributed by atoms with Crippen LogP contribution in [-0.2, 0) is 4.79 Å². The second kappa shape index (κ2) is 6.25. The summed E-state index contributed by atoms with van der Waals surface area (Å²) in [5.41, 5.74) is 2.62. The lowest BCUT2D eigenvalue weighted by molar-refractivity contribution is -0.112. The molecule has 23 heavy (non-hydrogen) atoms. The van der Waals surface area contributed by atoms with Crippen molar-refractivity contribution < 1.29 is 14.6 Å². The lowest BCUT2D eigenvalue weighted by Crippen LogP contribution is -2.25. The van der Waals surface area contributed by atoms with Crippen molar-refractivity contribution in [2.45, 2.75) is 0 Å². The molecule has 3 rings (SSSR count). The molecule has 1 heterocycles. The topological polar surface area (TPSA) is 70.6 Å². The number of carbonyl (C=O) groups excluding carboxylic acids is 1. The molecule has 2 aromatic rings. The molecule has 5 nitrogen and oxygen atoms in total. The summed E-state index contributed by atoms with van der Waals surface area (Å²) in [5.74, 6) is 0.543. The summed E-state index contributed by atoms with van der Waals surface area (Å²) >= 11 is 6.55. The monoisotopic (exact) mass is 438 g/mol. The fourth-order valence-corrected chi connectivity index (χ4v) is 3.41. The molecule has 1 amide bonds. The molecule has 0 unspecified atom stereocenters. The zero-order valence-corrected chi connectivity index (χ0v) is 15.2. The van der Waals surface area contributed by atoms with Crippen molar-refractivity contribution in [3.63, 3.8) is 0 Å². The third-order valence-electron chi connectivity index (χ3n) is 3.34. The highest BCUT2D eigenvalue weighted by molar-refractivity contribution is 9.11. The molecular weight excluding hydrogens is 428 g/mol. The number of aromatic hydroxyl groups is 1. The van der Waals surface area contributed by atoms with Crippen LogP contribution in [0, 0.1) is 0 Å². The van der Waals surface area contributed by atoms with E-state index in [2.05, 4.69) is 42.5 Å². The van der Waals surface area contributed by atoms with Crippen LogP contribution in [0.2, 0.25) is 0 Å². The van der Waals surface area contributed by atoms with E-state index in [1.807, 2.05) is 12.1 Å². The SMILES string of the molecule is COc1ccc2c(c1)NC(=O)C(=Cc1cc(Br)c(O)c(Br)c1)N2. The second-order valence-electron chi connectivity index (χ2n) is 4.88. The molecule has 0 saturated carbocycles. The van der Waals surface area contributed by atoms with Gasteiger partial charge in [0.25, 0.3) is 5.91 Å². The maximum absolute atomic E-state index is 12.2. The Morgan fingerprint density at radius 2 is 1.78 bits per heavy atom. The quantitative estimate of drug-likeness (QED) is 0.609. The standard InChI is InChI=1S/C16H12Br2N2O3/c1-23-9-2-3-12-13(7-9)20-16(22)14(19-12)6-8-4-10(17)15(21)11(18)5-8/h2-7,19,21H,1H3,(H,20,22). The Kier molecular flexibility index (Phi) is 4.32. The van der Waals surface area contributed by atoms with E-state index in [4.69, 9.17) is 4.74 Å². The Morgan fingerprint density at radius 3 is 2.43 bits per heavy atom. The van der Waals surface area contributed by atoms with E-state index >= 15 is 0 Å². The van der Waals surface area contributed by atoms with Gasteiger partial charge in [-0.25, -0.2) is 0 Å². The van der Waals surface area contributed by atoms with E-state index in [-0.39, 0.29) is 11.7 Å². The number of anilines is 2. The van der Waals surface area contributed by atoms with Gasteiger partial charge >= 0.3 is 0 Å². The number of phenolic OH excluding ortho intramolecular Hbond substituents is 1. The first-order valence-electron chi connectivity index (χ1n) is 6.64. The van der Waals surface area contributed by atoms with Crippen molar-refractivity contribution in [2.24, 2.45) is 0 Å². The number of carbonyl (C=O) groups is 1. The normalized spacial score (nSPS) is 14.9. The summed E-state index contributed by atoms with van der Waals surface area (Å²) in [4.78, 5) is 12.2. The molecule has 1 aliphatic heterocycles. The van der Waals surface area contributed by atoms with E-state index in [9.17, 15) is 9.90 Å². The lowest BCUT2D eigenvalue weighted by atomic mass is 10.1. The molecule has 0 saturated heterocycles. The first-order valence-corrected chi connectivity index (χ1v) is 8.22. The molecule has 0 fully saturated rings. The summed E-state index contributed by atoms with van der Waals surface area (Å²) < 4.78 is 6.23. The van der Waals surface area contributed by atoms with E-state index < -0.39 is 0 Å². The molecule has 118 valence electrons. The molecule has 0 aliphatic carbocycles. The van der Waals surface area contributed by atoms with Gasteiger partial charge in [0.15, 0.2) is 0 Å². The number of halogens is 2.